The largest absolute Gasteiger partial charge is 0.372 e. The summed E-state index contributed by atoms with van der Waals surface area (Å²) in [5.41, 5.74) is 0. The number of nitrogens with one attached hydrogen (secondary N) is 2. The van der Waals surface area contributed by atoms with E-state index in [4.69, 9.17) is 0 Å². The van der Waals surface area contributed by atoms with Crippen LogP contribution < -0.4 is 10.6 Å². The van der Waals surface area contributed by atoms with Gasteiger partial charge in [0.15, 0.2) is 0 Å². The van der Waals surface area contributed by atoms with E-state index in [9.17, 15) is 0 Å². The van der Waals surface area contributed by atoms with Crippen molar-refractivity contribution in [2.24, 2.45) is 0 Å². The van der Waals surface area contributed by atoms with Crippen LogP contribution in [0.1, 0.15) is 27.7 Å². The van der Waals surface area contributed by atoms with Gasteiger partial charge < -0.3 is 10.6 Å². The van der Waals surface area contributed by atoms with E-state index in [1.54, 1.807) is 6.33 Å². The van der Waals surface area contributed by atoms with E-state index >= 15 is 0 Å². The first-order valence-corrected chi connectivity index (χ1v) is 7.44. The van der Waals surface area contributed by atoms with Crippen LogP contribution in [-0.2, 0) is 0 Å². The molecular weight excluding hydrogens is 306 g/mol. The lowest BCUT2D eigenvalue weighted by molar-refractivity contribution is 0.182. The molecule has 0 aromatic carbocycles. The average molecular weight is 330 g/mol. The molecule has 19 heavy (non-hydrogen) atoms. The lowest BCUT2D eigenvalue weighted by Crippen LogP contribution is -2.40. The highest BCUT2D eigenvalue weighted by molar-refractivity contribution is 9.10. The van der Waals surface area contributed by atoms with E-state index in [1.807, 2.05) is 7.05 Å². The van der Waals surface area contributed by atoms with Crippen molar-refractivity contribution in [3.63, 3.8) is 0 Å². The summed E-state index contributed by atoms with van der Waals surface area (Å²) < 4.78 is 0.873. The van der Waals surface area contributed by atoms with Gasteiger partial charge in [0.25, 0.3) is 0 Å². The maximum atomic E-state index is 4.25. The summed E-state index contributed by atoms with van der Waals surface area (Å²) in [6, 6.07) is 1.09. The van der Waals surface area contributed by atoms with Gasteiger partial charge in [-0.05, 0) is 43.6 Å². The van der Waals surface area contributed by atoms with Crippen molar-refractivity contribution in [2.75, 3.05) is 30.8 Å². The van der Waals surface area contributed by atoms with Crippen LogP contribution in [0.5, 0.6) is 0 Å². The first-order chi connectivity index (χ1) is 8.97. The van der Waals surface area contributed by atoms with Crippen LogP contribution in [0.25, 0.3) is 0 Å². The molecule has 0 fully saturated rings. The first kappa shape index (κ1) is 16.2. The number of hydrogen-bond acceptors (Lipinski definition) is 5. The summed E-state index contributed by atoms with van der Waals surface area (Å²) in [6.07, 6.45) is 1.56. The quantitative estimate of drug-likeness (QED) is 0.805. The standard InChI is InChI=1S/C13H24BrN5/c1-9(2)19(10(3)4)7-6-16-13-11(14)12(15-5)17-8-18-13/h8-10H,6-7H2,1-5H3,(H2,15,16,17,18). The van der Waals surface area contributed by atoms with Gasteiger partial charge in [-0.2, -0.15) is 0 Å². The van der Waals surface area contributed by atoms with E-state index in [0.29, 0.717) is 12.1 Å². The van der Waals surface area contributed by atoms with E-state index < -0.39 is 0 Å². The zero-order valence-corrected chi connectivity index (χ0v) is 14.0. The van der Waals surface area contributed by atoms with Crippen molar-refractivity contribution in [3.05, 3.63) is 10.8 Å². The molecule has 0 spiro atoms. The fraction of sp³-hybridized carbons (Fsp3) is 0.692. The predicted molar refractivity (Wildman–Crippen MR) is 84.7 cm³/mol. The van der Waals surface area contributed by atoms with Gasteiger partial charge in [0, 0.05) is 32.2 Å². The molecule has 0 bridgehead atoms. The highest BCUT2D eigenvalue weighted by Crippen LogP contribution is 2.25. The van der Waals surface area contributed by atoms with Gasteiger partial charge in [-0.3, -0.25) is 4.90 Å². The van der Waals surface area contributed by atoms with Crippen molar-refractivity contribution < 1.29 is 0 Å². The second-order valence-electron chi connectivity index (χ2n) is 4.99. The Kier molecular flexibility index (Phi) is 6.51. The number of nitrogens with zero attached hydrogens (tertiary/aromatic N) is 3. The lowest BCUT2D eigenvalue weighted by atomic mass is 10.2. The van der Waals surface area contributed by atoms with Gasteiger partial charge in [-0.25, -0.2) is 9.97 Å². The summed E-state index contributed by atoms with van der Waals surface area (Å²) in [4.78, 5) is 10.8. The molecule has 0 atom stereocenters. The third-order valence-corrected chi connectivity index (χ3v) is 3.77. The predicted octanol–water partition coefficient (Wildman–Crippen LogP) is 2.81. The van der Waals surface area contributed by atoms with E-state index in [1.165, 1.54) is 0 Å². The number of halogens is 1. The van der Waals surface area contributed by atoms with E-state index in [-0.39, 0.29) is 0 Å². The number of aromatic nitrogens is 2. The summed E-state index contributed by atoms with van der Waals surface area (Å²) in [5.74, 6) is 1.62. The minimum absolute atomic E-state index is 0.545. The maximum Gasteiger partial charge on any atom is 0.145 e. The Balaban J connectivity index is 2.58. The molecule has 0 radical (unpaired) electrons. The minimum atomic E-state index is 0.545. The molecule has 1 aromatic heterocycles. The van der Waals surface area contributed by atoms with Crippen LogP contribution >= 0.6 is 15.9 Å². The Morgan fingerprint density at radius 1 is 1.16 bits per heavy atom. The lowest BCUT2D eigenvalue weighted by Gasteiger charge is -2.30. The molecule has 2 N–H and O–H groups in total. The minimum Gasteiger partial charge on any atom is -0.372 e. The Morgan fingerprint density at radius 2 is 1.74 bits per heavy atom. The molecule has 1 aromatic rings. The van der Waals surface area contributed by atoms with Gasteiger partial charge in [0.1, 0.15) is 22.4 Å². The van der Waals surface area contributed by atoms with Gasteiger partial charge in [-0.1, -0.05) is 0 Å². The molecule has 0 saturated carbocycles. The van der Waals surface area contributed by atoms with Crippen molar-refractivity contribution in [1.82, 2.24) is 14.9 Å². The Bertz CT molecular complexity index is 387. The third-order valence-electron chi connectivity index (χ3n) is 3.02. The molecule has 0 saturated heterocycles. The highest BCUT2D eigenvalue weighted by Gasteiger charge is 2.13. The van der Waals surface area contributed by atoms with Gasteiger partial charge in [-0.15, -0.1) is 0 Å². The zero-order valence-electron chi connectivity index (χ0n) is 12.4. The normalized spacial score (nSPS) is 11.4. The van der Waals surface area contributed by atoms with Crippen molar-refractivity contribution in [3.8, 4) is 0 Å². The van der Waals surface area contributed by atoms with Crippen molar-refractivity contribution in [2.45, 2.75) is 39.8 Å². The summed E-state index contributed by atoms with van der Waals surface area (Å²) in [5, 5.41) is 6.37. The van der Waals surface area contributed by atoms with Crippen molar-refractivity contribution in [1.29, 1.82) is 0 Å². The van der Waals surface area contributed by atoms with Crippen molar-refractivity contribution >= 4 is 27.6 Å². The second-order valence-corrected chi connectivity index (χ2v) is 5.78. The topological polar surface area (TPSA) is 53.1 Å². The number of anilines is 2. The zero-order chi connectivity index (χ0) is 14.4. The Morgan fingerprint density at radius 3 is 2.26 bits per heavy atom. The molecule has 0 unspecified atom stereocenters. The average Bonchev–Trinajstić information content (AvgIpc) is 2.35. The van der Waals surface area contributed by atoms with Gasteiger partial charge >= 0.3 is 0 Å². The third kappa shape index (κ3) is 4.62. The first-order valence-electron chi connectivity index (χ1n) is 6.65. The smallest absolute Gasteiger partial charge is 0.145 e. The maximum absolute atomic E-state index is 4.25. The van der Waals surface area contributed by atoms with Crippen LogP contribution in [0.4, 0.5) is 11.6 Å². The fourth-order valence-corrected chi connectivity index (χ4v) is 2.63. The van der Waals surface area contributed by atoms with Gasteiger partial charge in [0.05, 0.1) is 0 Å². The van der Waals surface area contributed by atoms with Gasteiger partial charge in [0.2, 0.25) is 0 Å². The molecule has 0 aliphatic rings. The SMILES string of the molecule is CNc1ncnc(NCCN(C(C)C)C(C)C)c1Br. The van der Waals surface area contributed by atoms with E-state index in [0.717, 1.165) is 29.2 Å². The van der Waals surface area contributed by atoms with Crippen LogP contribution in [-0.4, -0.2) is 47.1 Å². The molecule has 0 aliphatic carbocycles. The summed E-state index contributed by atoms with van der Waals surface area (Å²) in [6.45, 7) is 10.7. The molecule has 1 rings (SSSR count). The van der Waals surface area contributed by atoms with Crippen LogP contribution in [0.2, 0.25) is 0 Å². The molecular formula is C13H24BrN5. The molecule has 0 aliphatic heterocycles. The van der Waals surface area contributed by atoms with E-state index in [2.05, 4.69) is 69.1 Å². The Labute approximate surface area is 124 Å². The van der Waals surface area contributed by atoms with Crippen LogP contribution in [0.3, 0.4) is 0 Å². The molecule has 1 heterocycles. The number of hydrogen-bond donors (Lipinski definition) is 2. The second kappa shape index (κ2) is 7.65. The monoisotopic (exact) mass is 329 g/mol. The summed E-state index contributed by atoms with van der Waals surface area (Å²) in [7, 11) is 1.84. The molecule has 5 nitrogen and oxygen atoms in total. The highest BCUT2D eigenvalue weighted by atomic mass is 79.9. The molecule has 6 heteroatoms. The number of rotatable bonds is 7. The van der Waals surface area contributed by atoms with Crippen LogP contribution in [0.15, 0.2) is 10.8 Å². The summed E-state index contributed by atoms with van der Waals surface area (Å²) >= 11 is 3.50. The molecule has 108 valence electrons. The Hall–Kier alpha value is -0.880. The molecule has 0 amide bonds. The van der Waals surface area contributed by atoms with Crippen LogP contribution in [0, 0.1) is 0 Å². The fourth-order valence-electron chi connectivity index (χ4n) is 2.08.